The molecule has 0 radical (unpaired) electrons. The van der Waals surface area contributed by atoms with E-state index in [-0.39, 0.29) is 5.56 Å². The number of aromatic carboxylic acids is 1. The van der Waals surface area contributed by atoms with Crippen molar-refractivity contribution in [2.45, 2.75) is 40.2 Å². The van der Waals surface area contributed by atoms with Crippen LogP contribution in [-0.4, -0.2) is 32.4 Å². The Morgan fingerprint density at radius 3 is 2.71 bits per heavy atom. The van der Waals surface area contributed by atoms with Crippen molar-refractivity contribution >= 4 is 28.6 Å². The van der Waals surface area contributed by atoms with Gasteiger partial charge in [0.1, 0.15) is 5.75 Å². The number of nitrogens with zero attached hydrogens (tertiary/aromatic N) is 3. The normalized spacial score (nSPS) is 11.3. The molecule has 0 saturated carbocycles. The van der Waals surface area contributed by atoms with Gasteiger partial charge in [-0.3, -0.25) is 0 Å². The molecule has 0 aliphatic heterocycles. The van der Waals surface area contributed by atoms with E-state index in [9.17, 15) is 9.90 Å². The first-order valence-electron chi connectivity index (χ1n) is 9.40. The van der Waals surface area contributed by atoms with Crippen molar-refractivity contribution in [3.8, 4) is 5.75 Å². The van der Waals surface area contributed by atoms with Crippen molar-refractivity contribution in [3.63, 3.8) is 0 Å². The van der Waals surface area contributed by atoms with Crippen LogP contribution in [0.1, 0.15) is 48.3 Å². The van der Waals surface area contributed by atoms with E-state index in [2.05, 4.69) is 23.9 Å². The van der Waals surface area contributed by atoms with Gasteiger partial charge in [0, 0.05) is 22.2 Å². The number of rotatable bonds is 8. The summed E-state index contributed by atoms with van der Waals surface area (Å²) in [5.41, 5.74) is 2.42. The Balaban J connectivity index is 1.93. The molecule has 0 saturated heterocycles. The SMILES string of the molecule is CCC(CC)COc1ccc(Cl)cc1Cn1nc(C)c2cc(C(=O)O)cnc21. The molecule has 148 valence electrons. The Bertz CT molecular complexity index is 996. The minimum Gasteiger partial charge on any atom is -0.493 e. The molecule has 0 atom stereocenters. The molecule has 1 aromatic carbocycles. The molecule has 3 rings (SSSR count). The van der Waals surface area contributed by atoms with Crippen LogP contribution in [0.2, 0.25) is 5.02 Å². The quantitative estimate of drug-likeness (QED) is 0.577. The first-order chi connectivity index (χ1) is 13.4. The third-order valence-electron chi connectivity index (χ3n) is 4.99. The standard InChI is InChI=1S/C21H24ClN3O3/c1-4-14(5-2)12-28-19-7-6-17(22)8-16(19)11-25-20-18(13(3)24-25)9-15(10-23-20)21(26)27/h6-10,14H,4-5,11-12H2,1-3H3,(H,26,27). The summed E-state index contributed by atoms with van der Waals surface area (Å²) in [5, 5.41) is 15.1. The fourth-order valence-electron chi connectivity index (χ4n) is 3.14. The highest BCUT2D eigenvalue weighted by atomic mass is 35.5. The van der Waals surface area contributed by atoms with E-state index in [1.165, 1.54) is 6.20 Å². The van der Waals surface area contributed by atoms with Gasteiger partial charge in [-0.1, -0.05) is 38.3 Å². The summed E-state index contributed by atoms with van der Waals surface area (Å²) >= 11 is 6.21. The number of hydrogen-bond acceptors (Lipinski definition) is 4. The summed E-state index contributed by atoms with van der Waals surface area (Å²) < 4.78 is 7.84. The topological polar surface area (TPSA) is 77.2 Å². The van der Waals surface area contributed by atoms with Gasteiger partial charge in [-0.05, 0) is 37.1 Å². The second-order valence-corrected chi connectivity index (χ2v) is 7.33. The third-order valence-corrected chi connectivity index (χ3v) is 5.23. The monoisotopic (exact) mass is 401 g/mol. The fourth-order valence-corrected chi connectivity index (χ4v) is 3.34. The lowest BCUT2D eigenvalue weighted by Crippen LogP contribution is -2.12. The predicted molar refractivity (Wildman–Crippen MR) is 109 cm³/mol. The summed E-state index contributed by atoms with van der Waals surface area (Å²) in [4.78, 5) is 15.5. The van der Waals surface area contributed by atoms with Crippen LogP contribution < -0.4 is 4.74 Å². The number of ether oxygens (including phenoxy) is 1. The van der Waals surface area contributed by atoms with Gasteiger partial charge >= 0.3 is 5.97 Å². The Kier molecular flexibility index (Phi) is 6.19. The second kappa shape index (κ2) is 8.61. The Hall–Kier alpha value is -2.60. The molecule has 0 bridgehead atoms. The van der Waals surface area contributed by atoms with Crippen LogP contribution in [0, 0.1) is 12.8 Å². The average Bonchev–Trinajstić information content (AvgIpc) is 2.99. The molecule has 0 spiro atoms. The minimum absolute atomic E-state index is 0.145. The van der Waals surface area contributed by atoms with Crippen LogP contribution in [0.3, 0.4) is 0 Å². The Morgan fingerprint density at radius 1 is 1.29 bits per heavy atom. The van der Waals surface area contributed by atoms with Crippen molar-refractivity contribution < 1.29 is 14.6 Å². The molecule has 0 fully saturated rings. The molecule has 0 unspecified atom stereocenters. The van der Waals surface area contributed by atoms with Gasteiger partial charge in [-0.15, -0.1) is 0 Å². The smallest absolute Gasteiger partial charge is 0.337 e. The maximum atomic E-state index is 11.2. The largest absolute Gasteiger partial charge is 0.493 e. The first-order valence-corrected chi connectivity index (χ1v) is 9.78. The molecule has 6 nitrogen and oxygen atoms in total. The molecule has 3 aromatic rings. The van der Waals surface area contributed by atoms with E-state index < -0.39 is 5.97 Å². The lowest BCUT2D eigenvalue weighted by molar-refractivity contribution is 0.0696. The zero-order chi connectivity index (χ0) is 20.3. The summed E-state index contributed by atoms with van der Waals surface area (Å²) in [6.45, 7) is 7.25. The maximum absolute atomic E-state index is 11.2. The summed E-state index contributed by atoms with van der Waals surface area (Å²) in [7, 11) is 0. The Morgan fingerprint density at radius 2 is 2.04 bits per heavy atom. The van der Waals surface area contributed by atoms with E-state index in [4.69, 9.17) is 16.3 Å². The molecule has 2 aromatic heterocycles. The number of carbonyl (C=O) groups is 1. The van der Waals surface area contributed by atoms with Crippen LogP contribution >= 0.6 is 11.6 Å². The Labute approximate surface area is 169 Å². The lowest BCUT2D eigenvalue weighted by Gasteiger charge is -2.17. The zero-order valence-electron chi connectivity index (χ0n) is 16.3. The summed E-state index contributed by atoms with van der Waals surface area (Å²) in [6, 6.07) is 7.18. The van der Waals surface area contributed by atoms with Crippen molar-refractivity contribution in [1.29, 1.82) is 0 Å². The third kappa shape index (κ3) is 4.28. The van der Waals surface area contributed by atoms with Crippen LogP contribution in [-0.2, 0) is 6.54 Å². The number of aromatic nitrogens is 3. The number of carboxylic acids is 1. The number of aryl methyl sites for hydroxylation is 1. The van der Waals surface area contributed by atoms with Crippen LogP contribution in [0.15, 0.2) is 30.5 Å². The number of fused-ring (bicyclic) bond motifs is 1. The molecule has 0 aliphatic rings. The zero-order valence-corrected chi connectivity index (χ0v) is 17.0. The van der Waals surface area contributed by atoms with E-state index in [0.717, 1.165) is 35.2 Å². The fraction of sp³-hybridized carbons (Fsp3) is 0.381. The number of halogens is 1. The van der Waals surface area contributed by atoms with Gasteiger partial charge in [0.25, 0.3) is 0 Å². The van der Waals surface area contributed by atoms with Crippen LogP contribution in [0.25, 0.3) is 11.0 Å². The number of carboxylic acid groups (broad SMARTS) is 1. The lowest BCUT2D eigenvalue weighted by atomic mass is 10.1. The van der Waals surface area contributed by atoms with Crippen LogP contribution in [0.5, 0.6) is 5.75 Å². The van der Waals surface area contributed by atoms with Crippen molar-refractivity contribution in [2.75, 3.05) is 6.61 Å². The van der Waals surface area contributed by atoms with Crippen molar-refractivity contribution in [1.82, 2.24) is 14.8 Å². The second-order valence-electron chi connectivity index (χ2n) is 6.89. The highest BCUT2D eigenvalue weighted by molar-refractivity contribution is 6.30. The summed E-state index contributed by atoms with van der Waals surface area (Å²) in [5.74, 6) is 0.278. The van der Waals surface area contributed by atoms with E-state index in [0.29, 0.717) is 29.7 Å². The average molecular weight is 402 g/mol. The molecule has 0 amide bonds. The van der Waals surface area contributed by atoms with E-state index in [1.807, 2.05) is 25.1 Å². The van der Waals surface area contributed by atoms with E-state index >= 15 is 0 Å². The molecule has 2 heterocycles. The molecule has 7 heteroatoms. The van der Waals surface area contributed by atoms with Gasteiger partial charge in [0.15, 0.2) is 5.65 Å². The van der Waals surface area contributed by atoms with Gasteiger partial charge < -0.3 is 9.84 Å². The number of benzene rings is 1. The van der Waals surface area contributed by atoms with Crippen molar-refractivity contribution in [3.05, 3.63) is 52.3 Å². The first kappa shape index (κ1) is 20.1. The van der Waals surface area contributed by atoms with Gasteiger partial charge in [0.2, 0.25) is 0 Å². The van der Waals surface area contributed by atoms with Gasteiger partial charge in [0.05, 0.1) is 24.4 Å². The highest BCUT2D eigenvalue weighted by Crippen LogP contribution is 2.27. The maximum Gasteiger partial charge on any atom is 0.337 e. The molecule has 0 aliphatic carbocycles. The summed E-state index contributed by atoms with van der Waals surface area (Å²) in [6.07, 6.45) is 3.49. The van der Waals surface area contributed by atoms with E-state index in [1.54, 1.807) is 10.7 Å². The number of pyridine rings is 1. The number of hydrogen-bond donors (Lipinski definition) is 1. The highest BCUT2D eigenvalue weighted by Gasteiger charge is 2.15. The van der Waals surface area contributed by atoms with Gasteiger partial charge in [-0.2, -0.15) is 5.10 Å². The molecule has 1 N–H and O–H groups in total. The van der Waals surface area contributed by atoms with Gasteiger partial charge in [-0.25, -0.2) is 14.5 Å². The van der Waals surface area contributed by atoms with Crippen molar-refractivity contribution in [2.24, 2.45) is 5.92 Å². The van der Waals surface area contributed by atoms with Crippen LogP contribution in [0.4, 0.5) is 0 Å². The predicted octanol–water partition coefficient (Wildman–Crippen LogP) is 4.95. The molecule has 28 heavy (non-hydrogen) atoms. The molecular formula is C21H24ClN3O3. The molecular weight excluding hydrogens is 378 g/mol. The minimum atomic E-state index is -1.01.